The van der Waals surface area contributed by atoms with E-state index in [1.807, 2.05) is 30.3 Å². The maximum atomic E-state index is 8.43. The van der Waals surface area contributed by atoms with Gasteiger partial charge in [0.05, 0.1) is 72.7 Å². The van der Waals surface area contributed by atoms with Crippen LogP contribution in [-0.2, 0) is 25.6 Å². The lowest BCUT2D eigenvalue weighted by Gasteiger charge is -2.04. The molecule has 0 spiro atoms. The number of aliphatic hydroxyl groups excluding tert-OH is 3. The van der Waals surface area contributed by atoms with Crippen LogP contribution in [0.15, 0.2) is 30.3 Å². The molecule has 0 aliphatic heterocycles. The van der Waals surface area contributed by atoms with E-state index in [1.54, 1.807) is 0 Å². The van der Waals surface area contributed by atoms with Gasteiger partial charge in [-0.25, -0.2) is 0 Å². The molecule has 1 aromatic carbocycles. The zero-order valence-electron chi connectivity index (χ0n) is 14.1. The predicted molar refractivity (Wildman–Crippen MR) is 89.8 cm³/mol. The number of rotatable bonds is 14. The van der Waals surface area contributed by atoms with Gasteiger partial charge in [-0.05, 0) is 5.56 Å². The van der Waals surface area contributed by atoms with Crippen LogP contribution in [0.25, 0.3) is 0 Å². The lowest BCUT2D eigenvalue weighted by molar-refractivity contribution is 0.0222. The third kappa shape index (κ3) is 17.3. The van der Waals surface area contributed by atoms with Crippen molar-refractivity contribution in [1.29, 1.82) is 0 Å². The highest BCUT2D eigenvalue weighted by molar-refractivity contribution is 5.13. The molecule has 1 aromatic rings. The van der Waals surface area contributed by atoms with Crippen LogP contribution in [0.4, 0.5) is 0 Å². The lowest BCUT2D eigenvalue weighted by Crippen LogP contribution is -2.09. The van der Waals surface area contributed by atoms with Gasteiger partial charge < -0.3 is 34.3 Å². The zero-order chi connectivity index (χ0) is 17.7. The van der Waals surface area contributed by atoms with Crippen molar-refractivity contribution in [3.05, 3.63) is 35.9 Å². The molecule has 140 valence electrons. The van der Waals surface area contributed by atoms with Crippen molar-refractivity contribution in [2.24, 2.45) is 0 Å². The van der Waals surface area contributed by atoms with E-state index in [0.29, 0.717) is 52.9 Å². The van der Waals surface area contributed by atoms with Crippen LogP contribution in [0.3, 0.4) is 0 Å². The average molecular weight is 346 g/mol. The summed E-state index contributed by atoms with van der Waals surface area (Å²) >= 11 is 0. The first-order valence-electron chi connectivity index (χ1n) is 8.02. The molecule has 7 nitrogen and oxygen atoms in total. The highest BCUT2D eigenvalue weighted by atomic mass is 16.5. The fourth-order valence-electron chi connectivity index (χ4n) is 1.50. The predicted octanol–water partition coefficient (Wildman–Crippen LogP) is 0.216. The Kier molecular flexibility index (Phi) is 19.1. The van der Waals surface area contributed by atoms with E-state index in [2.05, 4.69) is 0 Å². The van der Waals surface area contributed by atoms with E-state index in [1.165, 1.54) is 0 Å². The standard InChI is InChI=1S/C11H16O3.C6H14O4/c12-6-7-13-8-9-14-10-11-4-2-1-3-5-11;7-1-3-9-5-6-10-4-2-8/h1-5,12H,6-10H2;7-8H,1-6H2. The molecule has 0 fully saturated rings. The summed E-state index contributed by atoms with van der Waals surface area (Å²) in [5.41, 5.74) is 1.16. The molecule has 0 radical (unpaired) electrons. The fraction of sp³-hybridized carbons (Fsp3) is 0.647. The molecular weight excluding hydrogens is 316 g/mol. The summed E-state index contributed by atoms with van der Waals surface area (Å²) in [7, 11) is 0. The lowest BCUT2D eigenvalue weighted by atomic mass is 10.2. The van der Waals surface area contributed by atoms with E-state index in [0.717, 1.165) is 5.56 Å². The van der Waals surface area contributed by atoms with E-state index in [4.69, 9.17) is 34.3 Å². The van der Waals surface area contributed by atoms with Crippen molar-refractivity contribution >= 4 is 0 Å². The number of ether oxygens (including phenoxy) is 4. The molecule has 0 saturated carbocycles. The molecule has 24 heavy (non-hydrogen) atoms. The summed E-state index contributed by atoms with van der Waals surface area (Å²) in [6.07, 6.45) is 0. The Morgan fingerprint density at radius 2 is 0.958 bits per heavy atom. The van der Waals surface area contributed by atoms with E-state index >= 15 is 0 Å². The molecule has 0 aliphatic rings. The second-order valence-electron chi connectivity index (χ2n) is 4.55. The van der Waals surface area contributed by atoms with Gasteiger partial charge in [-0.3, -0.25) is 0 Å². The first-order chi connectivity index (χ1) is 11.8. The monoisotopic (exact) mass is 346 g/mol. The van der Waals surface area contributed by atoms with Crippen LogP contribution in [0.2, 0.25) is 0 Å². The summed E-state index contributed by atoms with van der Waals surface area (Å²) in [4.78, 5) is 0. The summed E-state index contributed by atoms with van der Waals surface area (Å²) in [5, 5.41) is 25.0. The SMILES string of the molecule is OCCOCCOCCO.OCCOCCOCc1ccccc1. The van der Waals surface area contributed by atoms with Crippen LogP contribution in [0.5, 0.6) is 0 Å². The van der Waals surface area contributed by atoms with Gasteiger partial charge in [-0.15, -0.1) is 0 Å². The maximum Gasteiger partial charge on any atom is 0.0718 e. The van der Waals surface area contributed by atoms with E-state index in [9.17, 15) is 0 Å². The number of hydrogen-bond donors (Lipinski definition) is 3. The Morgan fingerprint density at radius 1 is 0.542 bits per heavy atom. The minimum absolute atomic E-state index is 0.0417. The molecular formula is C17H30O7. The Labute approximate surface area is 143 Å². The molecule has 0 aliphatic carbocycles. The Morgan fingerprint density at radius 3 is 1.38 bits per heavy atom. The second-order valence-corrected chi connectivity index (χ2v) is 4.55. The molecule has 0 heterocycles. The summed E-state index contributed by atoms with van der Waals surface area (Å²) in [6.45, 7) is 3.89. The van der Waals surface area contributed by atoms with Crippen molar-refractivity contribution < 1.29 is 34.3 Å². The summed E-state index contributed by atoms with van der Waals surface area (Å²) < 4.78 is 20.2. The molecule has 0 aromatic heterocycles. The van der Waals surface area contributed by atoms with Crippen LogP contribution in [0, 0.1) is 0 Å². The van der Waals surface area contributed by atoms with Gasteiger partial charge in [-0.2, -0.15) is 0 Å². The minimum atomic E-state index is 0.0417. The minimum Gasteiger partial charge on any atom is -0.394 e. The second kappa shape index (κ2) is 20.0. The Balaban J connectivity index is 0.000000470. The van der Waals surface area contributed by atoms with Crippen molar-refractivity contribution in [2.75, 3.05) is 66.1 Å². The third-order valence-electron chi connectivity index (χ3n) is 2.56. The maximum absolute atomic E-state index is 8.43. The first kappa shape index (κ1) is 22.9. The van der Waals surface area contributed by atoms with Crippen LogP contribution < -0.4 is 0 Å². The van der Waals surface area contributed by atoms with Crippen molar-refractivity contribution in [2.45, 2.75) is 6.61 Å². The molecule has 0 bridgehead atoms. The average Bonchev–Trinajstić information content (AvgIpc) is 2.62. The zero-order valence-corrected chi connectivity index (χ0v) is 14.1. The molecule has 3 N–H and O–H groups in total. The Bertz CT molecular complexity index is 327. The number of aliphatic hydroxyl groups is 3. The normalized spacial score (nSPS) is 10.3. The molecule has 1 rings (SSSR count). The largest absolute Gasteiger partial charge is 0.394 e. The van der Waals surface area contributed by atoms with Crippen LogP contribution >= 0.6 is 0 Å². The van der Waals surface area contributed by atoms with E-state index < -0.39 is 0 Å². The van der Waals surface area contributed by atoms with Crippen molar-refractivity contribution in [3.8, 4) is 0 Å². The van der Waals surface area contributed by atoms with Crippen molar-refractivity contribution in [3.63, 3.8) is 0 Å². The first-order valence-corrected chi connectivity index (χ1v) is 8.02. The van der Waals surface area contributed by atoms with Crippen LogP contribution in [-0.4, -0.2) is 81.4 Å². The number of hydrogen-bond acceptors (Lipinski definition) is 7. The molecule has 0 saturated heterocycles. The highest BCUT2D eigenvalue weighted by Crippen LogP contribution is 1.99. The van der Waals surface area contributed by atoms with Gasteiger partial charge in [0.1, 0.15) is 0 Å². The van der Waals surface area contributed by atoms with Gasteiger partial charge >= 0.3 is 0 Å². The van der Waals surface area contributed by atoms with Gasteiger partial charge in [0, 0.05) is 0 Å². The fourth-order valence-corrected chi connectivity index (χ4v) is 1.50. The summed E-state index contributed by atoms with van der Waals surface area (Å²) in [6, 6.07) is 10.00. The molecule has 7 heteroatoms. The van der Waals surface area contributed by atoms with Crippen LogP contribution in [0.1, 0.15) is 5.56 Å². The van der Waals surface area contributed by atoms with Gasteiger partial charge in [-0.1, -0.05) is 30.3 Å². The topological polar surface area (TPSA) is 97.6 Å². The third-order valence-corrected chi connectivity index (χ3v) is 2.56. The van der Waals surface area contributed by atoms with Crippen molar-refractivity contribution in [1.82, 2.24) is 0 Å². The number of benzene rings is 1. The van der Waals surface area contributed by atoms with Gasteiger partial charge in [0.2, 0.25) is 0 Å². The van der Waals surface area contributed by atoms with E-state index in [-0.39, 0.29) is 19.8 Å². The highest BCUT2D eigenvalue weighted by Gasteiger charge is 1.91. The molecule has 0 amide bonds. The smallest absolute Gasteiger partial charge is 0.0718 e. The van der Waals surface area contributed by atoms with Gasteiger partial charge in [0.15, 0.2) is 0 Å². The quantitative estimate of drug-likeness (QED) is 0.415. The molecule has 0 unspecified atom stereocenters. The molecule has 0 atom stereocenters. The van der Waals surface area contributed by atoms with Gasteiger partial charge in [0.25, 0.3) is 0 Å². The Hall–Kier alpha value is -1.06. The summed E-state index contributed by atoms with van der Waals surface area (Å²) in [5.74, 6) is 0.